The number of benzene rings is 2. The zero-order valence-corrected chi connectivity index (χ0v) is 17.8. The normalized spacial score (nSPS) is 10.8. The van der Waals surface area contributed by atoms with Crippen LogP contribution in [0.15, 0.2) is 35.7 Å². The zero-order valence-electron chi connectivity index (χ0n) is 17.0. The Balaban J connectivity index is 1.86. The van der Waals surface area contributed by atoms with Gasteiger partial charge in [0.05, 0.1) is 41.2 Å². The maximum absolute atomic E-state index is 5.40. The molecule has 0 N–H and O–H groups in total. The lowest BCUT2D eigenvalue weighted by Gasteiger charge is -2.12. The quantitative estimate of drug-likeness (QED) is 0.517. The molecule has 0 aliphatic heterocycles. The fourth-order valence-electron chi connectivity index (χ4n) is 2.86. The summed E-state index contributed by atoms with van der Waals surface area (Å²) in [6, 6.07) is 9.53. The van der Waals surface area contributed by atoms with E-state index in [9.17, 15) is 0 Å². The predicted octanol–water partition coefficient (Wildman–Crippen LogP) is 5.02. The van der Waals surface area contributed by atoms with E-state index in [4.69, 9.17) is 28.7 Å². The first-order valence-electron chi connectivity index (χ1n) is 8.79. The molecule has 0 bridgehead atoms. The average Bonchev–Trinajstić information content (AvgIpc) is 3.25. The van der Waals surface area contributed by atoms with Gasteiger partial charge in [0.25, 0.3) is 0 Å². The summed E-state index contributed by atoms with van der Waals surface area (Å²) in [5, 5.41) is 2.89. The number of rotatable bonds is 8. The molecule has 29 heavy (non-hydrogen) atoms. The number of hydrogen-bond donors (Lipinski definition) is 0. The molecule has 0 fully saturated rings. The molecule has 0 unspecified atom stereocenters. The predicted molar refractivity (Wildman–Crippen MR) is 116 cm³/mol. The van der Waals surface area contributed by atoms with Gasteiger partial charge in [-0.05, 0) is 42.0 Å². The molecule has 7 heteroatoms. The molecular weight excluding hydrogens is 390 g/mol. The van der Waals surface area contributed by atoms with Crippen molar-refractivity contribution in [3.8, 4) is 40.0 Å². The minimum atomic E-state index is 0.567. The van der Waals surface area contributed by atoms with Gasteiger partial charge < -0.3 is 23.7 Å². The third-order valence-electron chi connectivity index (χ3n) is 4.31. The lowest BCUT2D eigenvalue weighted by Crippen LogP contribution is -1.95. The molecule has 0 aliphatic carbocycles. The molecule has 152 valence electrons. The van der Waals surface area contributed by atoms with Crippen molar-refractivity contribution in [2.24, 2.45) is 0 Å². The summed E-state index contributed by atoms with van der Waals surface area (Å²) in [5.41, 5.74) is 2.76. The summed E-state index contributed by atoms with van der Waals surface area (Å²) in [5.74, 6) is 3.15. The van der Waals surface area contributed by atoms with Crippen molar-refractivity contribution in [1.29, 1.82) is 0 Å². The molecule has 1 heterocycles. The fraction of sp³-hybridized carbons (Fsp3) is 0.227. The Bertz CT molecular complexity index is 987. The largest absolute Gasteiger partial charge is 0.493 e. The summed E-state index contributed by atoms with van der Waals surface area (Å²) >= 11 is 1.56. The van der Waals surface area contributed by atoms with Crippen molar-refractivity contribution in [2.45, 2.75) is 0 Å². The number of hydrogen-bond acceptors (Lipinski definition) is 7. The Hall–Kier alpha value is -3.19. The molecule has 0 spiro atoms. The zero-order chi connectivity index (χ0) is 20.8. The van der Waals surface area contributed by atoms with Gasteiger partial charge in [-0.2, -0.15) is 0 Å². The summed E-state index contributed by atoms with van der Waals surface area (Å²) in [4.78, 5) is 4.69. The first kappa shape index (κ1) is 20.5. The summed E-state index contributed by atoms with van der Waals surface area (Å²) in [7, 11) is 8.02. The molecule has 6 nitrogen and oxygen atoms in total. The third kappa shape index (κ3) is 4.46. The van der Waals surface area contributed by atoms with Gasteiger partial charge in [-0.3, -0.25) is 0 Å². The lowest BCUT2D eigenvalue weighted by molar-refractivity contribution is 0.324. The van der Waals surface area contributed by atoms with E-state index in [-0.39, 0.29) is 0 Å². The Morgan fingerprint density at radius 3 is 1.97 bits per heavy atom. The molecule has 0 atom stereocenters. The van der Waals surface area contributed by atoms with Crippen molar-refractivity contribution in [3.05, 3.63) is 46.3 Å². The van der Waals surface area contributed by atoms with E-state index in [1.165, 1.54) is 0 Å². The highest BCUT2D eigenvalue weighted by molar-refractivity contribution is 7.10. The van der Waals surface area contributed by atoms with Gasteiger partial charge in [0.15, 0.2) is 23.0 Å². The van der Waals surface area contributed by atoms with E-state index in [0.717, 1.165) is 21.8 Å². The van der Waals surface area contributed by atoms with Crippen LogP contribution in [-0.4, -0.2) is 40.5 Å². The molecular formula is C22H23NO5S. The number of nitrogens with zero attached hydrogens (tertiary/aromatic N) is 1. The molecule has 0 saturated carbocycles. The molecule has 0 aliphatic rings. The Morgan fingerprint density at radius 1 is 0.724 bits per heavy atom. The van der Waals surface area contributed by atoms with E-state index < -0.39 is 0 Å². The average molecular weight is 413 g/mol. The summed E-state index contributed by atoms with van der Waals surface area (Å²) in [6.45, 7) is 0. The van der Waals surface area contributed by atoms with Crippen molar-refractivity contribution >= 4 is 23.5 Å². The van der Waals surface area contributed by atoms with Gasteiger partial charge in [0.2, 0.25) is 5.75 Å². The van der Waals surface area contributed by atoms with Crippen LogP contribution in [0.2, 0.25) is 0 Å². The van der Waals surface area contributed by atoms with E-state index in [0.29, 0.717) is 28.7 Å². The molecule has 0 amide bonds. The Labute approximate surface area is 174 Å². The van der Waals surface area contributed by atoms with Gasteiger partial charge in [-0.15, -0.1) is 11.3 Å². The molecule has 0 radical (unpaired) electrons. The summed E-state index contributed by atoms with van der Waals surface area (Å²) < 4.78 is 26.8. The topological polar surface area (TPSA) is 59.0 Å². The van der Waals surface area contributed by atoms with E-state index in [1.54, 1.807) is 46.9 Å². The van der Waals surface area contributed by atoms with Gasteiger partial charge in [0.1, 0.15) is 5.01 Å². The Kier molecular flexibility index (Phi) is 6.61. The molecule has 0 saturated heterocycles. The minimum Gasteiger partial charge on any atom is -0.493 e. The van der Waals surface area contributed by atoms with Gasteiger partial charge in [-0.1, -0.05) is 6.08 Å². The van der Waals surface area contributed by atoms with Crippen LogP contribution in [-0.2, 0) is 0 Å². The second-order valence-corrected chi connectivity index (χ2v) is 6.82. The highest BCUT2D eigenvalue weighted by Gasteiger charge is 2.12. The standard InChI is InChI=1S/C22H23NO5S/c1-24-17-8-7-15(12-18(17)25-2)16-13-29-21(23-16)9-6-14-10-19(26-3)22(28-5)20(11-14)27-4/h6-13H,1-5H3/b9-6+. The highest BCUT2D eigenvalue weighted by Crippen LogP contribution is 2.39. The maximum Gasteiger partial charge on any atom is 0.203 e. The van der Waals surface area contributed by atoms with Crippen molar-refractivity contribution in [3.63, 3.8) is 0 Å². The number of ether oxygens (including phenoxy) is 5. The van der Waals surface area contributed by atoms with Crippen LogP contribution in [0.1, 0.15) is 10.6 Å². The Morgan fingerprint density at radius 2 is 1.38 bits per heavy atom. The number of aromatic nitrogens is 1. The van der Waals surface area contributed by atoms with E-state index >= 15 is 0 Å². The van der Waals surface area contributed by atoms with Crippen LogP contribution >= 0.6 is 11.3 Å². The number of thiazole rings is 1. The van der Waals surface area contributed by atoms with Crippen LogP contribution in [0.3, 0.4) is 0 Å². The monoisotopic (exact) mass is 413 g/mol. The lowest BCUT2D eigenvalue weighted by atomic mass is 10.1. The second-order valence-electron chi connectivity index (χ2n) is 5.93. The van der Waals surface area contributed by atoms with Gasteiger partial charge in [-0.25, -0.2) is 4.98 Å². The van der Waals surface area contributed by atoms with Gasteiger partial charge >= 0.3 is 0 Å². The van der Waals surface area contributed by atoms with Crippen LogP contribution in [0.4, 0.5) is 0 Å². The molecule has 1 aromatic heterocycles. The van der Waals surface area contributed by atoms with Crippen LogP contribution < -0.4 is 23.7 Å². The maximum atomic E-state index is 5.40. The second kappa shape index (κ2) is 9.34. The SMILES string of the molecule is COc1ccc(-c2csc(/C=C/c3cc(OC)c(OC)c(OC)c3)n2)cc1OC. The smallest absolute Gasteiger partial charge is 0.203 e. The fourth-order valence-corrected chi connectivity index (χ4v) is 3.58. The molecule has 2 aromatic carbocycles. The highest BCUT2D eigenvalue weighted by atomic mass is 32.1. The van der Waals surface area contributed by atoms with Gasteiger partial charge in [0, 0.05) is 10.9 Å². The first-order chi connectivity index (χ1) is 14.1. The summed E-state index contributed by atoms with van der Waals surface area (Å²) in [6.07, 6.45) is 3.91. The first-order valence-corrected chi connectivity index (χ1v) is 9.67. The van der Waals surface area contributed by atoms with E-state index in [1.807, 2.05) is 47.9 Å². The van der Waals surface area contributed by atoms with Crippen molar-refractivity contribution in [2.75, 3.05) is 35.5 Å². The van der Waals surface area contributed by atoms with E-state index in [2.05, 4.69) is 0 Å². The number of methoxy groups -OCH3 is 5. The van der Waals surface area contributed by atoms with Crippen LogP contribution in [0.25, 0.3) is 23.4 Å². The van der Waals surface area contributed by atoms with Crippen molar-refractivity contribution < 1.29 is 23.7 Å². The van der Waals surface area contributed by atoms with Crippen molar-refractivity contribution in [1.82, 2.24) is 4.98 Å². The van der Waals surface area contributed by atoms with Crippen LogP contribution in [0.5, 0.6) is 28.7 Å². The minimum absolute atomic E-state index is 0.567. The molecule has 3 rings (SSSR count). The molecule has 3 aromatic rings. The van der Waals surface area contributed by atoms with Crippen LogP contribution in [0, 0.1) is 0 Å². The third-order valence-corrected chi connectivity index (χ3v) is 5.12.